The van der Waals surface area contributed by atoms with E-state index in [-0.39, 0.29) is 18.2 Å². The summed E-state index contributed by atoms with van der Waals surface area (Å²) in [5.41, 5.74) is -1.97. The maximum absolute atomic E-state index is 12.8. The molecule has 0 heterocycles. The Morgan fingerprint density at radius 2 is 1.26 bits per heavy atom. The SMILES string of the molecule is CN(Cc1cc(C(F)(F)F)cc(C(F)(F)F)c1)c1ccccc1. The lowest BCUT2D eigenvalue weighted by atomic mass is 10.0. The fraction of sp³-hybridized carbons (Fsp3) is 0.250. The summed E-state index contributed by atoms with van der Waals surface area (Å²) in [6.45, 7) is -0.0724. The Balaban J connectivity index is 2.38. The molecule has 0 atom stereocenters. The molecular formula is C16H13F6N. The summed E-state index contributed by atoms with van der Waals surface area (Å²) in [6.07, 6.45) is -9.66. The molecule has 7 heteroatoms. The van der Waals surface area contributed by atoms with Crippen molar-refractivity contribution in [2.24, 2.45) is 0 Å². The summed E-state index contributed by atoms with van der Waals surface area (Å²) < 4.78 is 76.9. The Morgan fingerprint density at radius 3 is 1.70 bits per heavy atom. The Morgan fingerprint density at radius 1 is 0.783 bits per heavy atom. The number of rotatable bonds is 3. The van der Waals surface area contributed by atoms with E-state index in [0.717, 1.165) is 12.1 Å². The molecule has 23 heavy (non-hydrogen) atoms. The van der Waals surface area contributed by atoms with Crippen LogP contribution in [0.4, 0.5) is 32.0 Å². The van der Waals surface area contributed by atoms with Crippen molar-refractivity contribution < 1.29 is 26.3 Å². The number of halogens is 6. The van der Waals surface area contributed by atoms with Gasteiger partial charge in [0.2, 0.25) is 0 Å². The molecule has 0 bridgehead atoms. The Kier molecular flexibility index (Phi) is 4.58. The molecule has 0 N–H and O–H groups in total. The highest BCUT2D eigenvalue weighted by Gasteiger charge is 2.36. The van der Waals surface area contributed by atoms with Crippen molar-refractivity contribution in [1.29, 1.82) is 0 Å². The normalized spacial score (nSPS) is 12.3. The van der Waals surface area contributed by atoms with Crippen LogP contribution in [0.5, 0.6) is 0 Å². The van der Waals surface area contributed by atoms with Crippen LogP contribution in [0.25, 0.3) is 0 Å². The number of alkyl halides is 6. The van der Waals surface area contributed by atoms with Crippen LogP contribution < -0.4 is 4.90 Å². The number of para-hydroxylation sites is 1. The van der Waals surface area contributed by atoms with Gasteiger partial charge in [-0.25, -0.2) is 0 Å². The van der Waals surface area contributed by atoms with Crippen molar-refractivity contribution in [1.82, 2.24) is 0 Å². The first kappa shape index (κ1) is 17.2. The van der Waals surface area contributed by atoms with Crippen LogP contribution in [0.1, 0.15) is 16.7 Å². The highest BCUT2D eigenvalue weighted by molar-refractivity contribution is 5.46. The molecule has 0 radical (unpaired) electrons. The van der Waals surface area contributed by atoms with Crippen LogP contribution in [0, 0.1) is 0 Å². The quantitative estimate of drug-likeness (QED) is 0.684. The van der Waals surface area contributed by atoms with Crippen LogP contribution in [-0.2, 0) is 18.9 Å². The van der Waals surface area contributed by atoms with Gasteiger partial charge in [0.15, 0.2) is 0 Å². The first-order chi connectivity index (χ1) is 10.6. The number of anilines is 1. The number of nitrogens with zero attached hydrogens (tertiary/aromatic N) is 1. The summed E-state index contributed by atoms with van der Waals surface area (Å²) in [6, 6.07) is 10.3. The molecule has 2 rings (SSSR count). The highest BCUT2D eigenvalue weighted by atomic mass is 19.4. The molecule has 0 aliphatic rings. The zero-order valence-corrected chi connectivity index (χ0v) is 12.0. The second kappa shape index (κ2) is 6.14. The summed E-state index contributed by atoms with van der Waals surface area (Å²) in [4.78, 5) is 1.58. The minimum atomic E-state index is -4.83. The smallest absolute Gasteiger partial charge is 0.370 e. The summed E-state index contributed by atoms with van der Waals surface area (Å²) in [7, 11) is 1.60. The molecule has 2 aromatic rings. The van der Waals surface area contributed by atoms with E-state index in [4.69, 9.17) is 0 Å². The molecule has 0 spiro atoms. The fourth-order valence-electron chi connectivity index (χ4n) is 2.16. The molecule has 0 amide bonds. The van der Waals surface area contributed by atoms with Crippen molar-refractivity contribution in [2.45, 2.75) is 18.9 Å². The summed E-state index contributed by atoms with van der Waals surface area (Å²) in [5, 5.41) is 0. The topological polar surface area (TPSA) is 3.24 Å². The standard InChI is InChI=1S/C16H13F6N/c1-23(14-5-3-2-4-6-14)10-11-7-12(15(17,18)19)9-13(8-11)16(20,21)22/h2-9H,10H2,1H3. The van der Waals surface area contributed by atoms with E-state index in [0.29, 0.717) is 5.69 Å². The first-order valence-electron chi connectivity index (χ1n) is 6.62. The van der Waals surface area contributed by atoms with Crippen molar-refractivity contribution in [2.75, 3.05) is 11.9 Å². The van der Waals surface area contributed by atoms with Crippen molar-refractivity contribution >= 4 is 5.69 Å². The average molecular weight is 333 g/mol. The lowest BCUT2D eigenvalue weighted by Crippen LogP contribution is -2.18. The molecule has 0 aromatic heterocycles. The van der Waals surface area contributed by atoms with Gasteiger partial charge in [0.25, 0.3) is 0 Å². The molecule has 1 nitrogen and oxygen atoms in total. The molecular weight excluding hydrogens is 320 g/mol. The van der Waals surface area contributed by atoms with Gasteiger partial charge in [-0.2, -0.15) is 26.3 Å². The van der Waals surface area contributed by atoms with Gasteiger partial charge in [-0.3, -0.25) is 0 Å². The minimum Gasteiger partial charge on any atom is -0.370 e. The number of benzene rings is 2. The third-order valence-electron chi connectivity index (χ3n) is 3.26. The van der Waals surface area contributed by atoms with E-state index < -0.39 is 23.5 Å². The molecule has 124 valence electrons. The second-order valence-corrected chi connectivity index (χ2v) is 5.11. The van der Waals surface area contributed by atoms with Crippen molar-refractivity contribution in [3.05, 3.63) is 65.2 Å². The molecule has 0 aliphatic carbocycles. The summed E-state index contributed by atoms with van der Waals surface area (Å²) >= 11 is 0. The van der Waals surface area contributed by atoms with E-state index in [1.807, 2.05) is 0 Å². The van der Waals surface area contributed by atoms with Gasteiger partial charge in [-0.05, 0) is 35.9 Å². The van der Waals surface area contributed by atoms with E-state index in [1.54, 1.807) is 42.3 Å². The first-order valence-corrected chi connectivity index (χ1v) is 6.62. The molecule has 2 aromatic carbocycles. The predicted octanol–water partition coefficient (Wildman–Crippen LogP) is 5.36. The molecule has 0 unspecified atom stereocenters. The van der Waals surface area contributed by atoms with E-state index in [1.165, 1.54) is 0 Å². The molecule has 0 aliphatic heterocycles. The predicted molar refractivity (Wildman–Crippen MR) is 75.0 cm³/mol. The van der Waals surface area contributed by atoms with Crippen LogP contribution >= 0.6 is 0 Å². The van der Waals surface area contributed by atoms with Gasteiger partial charge in [-0.15, -0.1) is 0 Å². The highest BCUT2D eigenvalue weighted by Crippen LogP contribution is 2.36. The lowest BCUT2D eigenvalue weighted by Gasteiger charge is -2.21. The fourth-order valence-corrected chi connectivity index (χ4v) is 2.16. The lowest BCUT2D eigenvalue weighted by molar-refractivity contribution is -0.143. The van der Waals surface area contributed by atoms with Gasteiger partial charge in [0, 0.05) is 19.3 Å². The van der Waals surface area contributed by atoms with Gasteiger partial charge in [0.1, 0.15) is 0 Å². The number of hydrogen-bond acceptors (Lipinski definition) is 1. The third-order valence-corrected chi connectivity index (χ3v) is 3.26. The van der Waals surface area contributed by atoms with Crippen LogP contribution in [0.15, 0.2) is 48.5 Å². The molecule has 0 saturated heterocycles. The van der Waals surface area contributed by atoms with E-state index in [2.05, 4.69) is 0 Å². The van der Waals surface area contributed by atoms with Crippen molar-refractivity contribution in [3.63, 3.8) is 0 Å². The van der Waals surface area contributed by atoms with Crippen LogP contribution in [-0.4, -0.2) is 7.05 Å². The van der Waals surface area contributed by atoms with Gasteiger partial charge >= 0.3 is 12.4 Å². The van der Waals surface area contributed by atoms with Gasteiger partial charge < -0.3 is 4.90 Å². The maximum Gasteiger partial charge on any atom is 0.416 e. The Hall–Kier alpha value is -2.18. The zero-order chi connectivity index (χ0) is 17.3. The van der Waals surface area contributed by atoms with Gasteiger partial charge in [-0.1, -0.05) is 18.2 Å². The van der Waals surface area contributed by atoms with Crippen LogP contribution in [0.3, 0.4) is 0 Å². The van der Waals surface area contributed by atoms with Gasteiger partial charge in [0.05, 0.1) is 11.1 Å². The monoisotopic (exact) mass is 333 g/mol. The molecule has 0 saturated carbocycles. The number of hydrogen-bond donors (Lipinski definition) is 0. The average Bonchev–Trinajstić information content (AvgIpc) is 2.46. The van der Waals surface area contributed by atoms with E-state index >= 15 is 0 Å². The molecule has 0 fully saturated rings. The minimum absolute atomic E-state index is 0.0569. The van der Waals surface area contributed by atoms with Crippen LogP contribution in [0.2, 0.25) is 0 Å². The second-order valence-electron chi connectivity index (χ2n) is 5.11. The van der Waals surface area contributed by atoms with Crippen molar-refractivity contribution in [3.8, 4) is 0 Å². The summed E-state index contributed by atoms with van der Waals surface area (Å²) in [5.74, 6) is 0. The Bertz CT molecular complexity index is 628. The van der Waals surface area contributed by atoms with E-state index in [9.17, 15) is 26.3 Å². The third kappa shape index (κ3) is 4.40. The maximum atomic E-state index is 12.8. The largest absolute Gasteiger partial charge is 0.416 e. The zero-order valence-electron chi connectivity index (χ0n) is 12.0. The Labute approximate surface area is 129 Å².